The van der Waals surface area contributed by atoms with Crippen LogP contribution < -0.4 is 16.6 Å². The fraction of sp³-hybridized carbons (Fsp3) is 0.375. The van der Waals surface area contributed by atoms with E-state index in [9.17, 15) is 4.79 Å². The van der Waals surface area contributed by atoms with E-state index in [1.807, 2.05) is 11.4 Å². The molecule has 0 fully saturated rings. The van der Waals surface area contributed by atoms with Gasteiger partial charge in [0.1, 0.15) is 0 Å². The number of rotatable bonds is 4. The average Bonchev–Trinajstić information content (AvgIpc) is 2.52. The van der Waals surface area contributed by atoms with E-state index in [1.165, 1.54) is 0 Å². The summed E-state index contributed by atoms with van der Waals surface area (Å²) in [5.74, 6) is -0.107. The lowest BCUT2D eigenvalue weighted by Gasteiger charge is -2.08. The van der Waals surface area contributed by atoms with E-state index >= 15 is 0 Å². The maximum atomic E-state index is 11.2. The summed E-state index contributed by atoms with van der Waals surface area (Å²) >= 11 is 4.88. The molecule has 0 spiro atoms. The molecule has 0 saturated heterocycles. The van der Waals surface area contributed by atoms with Gasteiger partial charge in [-0.3, -0.25) is 10.2 Å². The highest BCUT2D eigenvalue weighted by Gasteiger charge is 2.12. The van der Waals surface area contributed by atoms with Crippen LogP contribution in [-0.2, 0) is 4.79 Å². The molecule has 78 valence electrons. The monoisotopic (exact) mass is 277 g/mol. The number of nitrogens with two attached hydrogens (primary N) is 1. The Morgan fingerprint density at radius 2 is 2.50 bits per heavy atom. The number of halogens is 1. The predicted octanol–water partition coefficient (Wildman–Crippen LogP) is 1.15. The highest BCUT2D eigenvalue weighted by atomic mass is 79.9. The van der Waals surface area contributed by atoms with Crippen molar-refractivity contribution in [1.29, 1.82) is 0 Å². The number of hydrogen-bond donors (Lipinski definition) is 3. The number of amides is 1. The second kappa shape index (κ2) is 5.45. The fourth-order valence-corrected chi connectivity index (χ4v) is 2.46. The van der Waals surface area contributed by atoms with E-state index in [0.29, 0.717) is 0 Å². The summed E-state index contributed by atoms with van der Waals surface area (Å²) in [6.07, 6.45) is 0.286. The number of hydrogen-bond acceptors (Lipinski definition) is 4. The largest absolute Gasteiger partial charge is 0.323 e. The van der Waals surface area contributed by atoms with Gasteiger partial charge in [0, 0.05) is 34.2 Å². The van der Waals surface area contributed by atoms with Gasteiger partial charge in [0.15, 0.2) is 0 Å². The topological polar surface area (TPSA) is 67.1 Å². The number of hydrazine groups is 1. The molecule has 14 heavy (non-hydrogen) atoms. The van der Waals surface area contributed by atoms with Crippen molar-refractivity contribution < 1.29 is 4.79 Å². The van der Waals surface area contributed by atoms with Crippen LogP contribution in [0.4, 0.5) is 0 Å². The minimum Gasteiger partial charge on any atom is -0.323 e. The van der Waals surface area contributed by atoms with Crippen molar-refractivity contribution >= 4 is 33.2 Å². The zero-order chi connectivity index (χ0) is 10.6. The van der Waals surface area contributed by atoms with Crippen LogP contribution in [-0.4, -0.2) is 13.0 Å². The maximum Gasteiger partial charge on any atom is 0.236 e. The molecule has 1 atom stereocenters. The Kier molecular flexibility index (Phi) is 4.53. The van der Waals surface area contributed by atoms with Crippen LogP contribution >= 0.6 is 27.3 Å². The van der Waals surface area contributed by atoms with Crippen molar-refractivity contribution in [1.82, 2.24) is 10.9 Å². The third kappa shape index (κ3) is 3.38. The van der Waals surface area contributed by atoms with Crippen LogP contribution in [0.1, 0.15) is 17.3 Å². The van der Waals surface area contributed by atoms with Gasteiger partial charge in [-0.05, 0) is 22.0 Å². The summed E-state index contributed by atoms with van der Waals surface area (Å²) in [6.45, 7) is 0. The lowest BCUT2D eigenvalue weighted by molar-refractivity contribution is -0.122. The zero-order valence-electron chi connectivity index (χ0n) is 7.71. The van der Waals surface area contributed by atoms with E-state index in [2.05, 4.69) is 26.8 Å². The quantitative estimate of drug-likeness (QED) is 0.724. The van der Waals surface area contributed by atoms with Crippen molar-refractivity contribution in [2.45, 2.75) is 12.5 Å². The minimum absolute atomic E-state index is 0.107. The van der Waals surface area contributed by atoms with Crippen molar-refractivity contribution in [3.63, 3.8) is 0 Å². The Hall–Kier alpha value is -0.430. The van der Waals surface area contributed by atoms with E-state index in [1.54, 1.807) is 18.4 Å². The first-order chi connectivity index (χ1) is 6.63. The molecule has 0 saturated carbocycles. The summed E-state index contributed by atoms with van der Waals surface area (Å²) in [5.41, 5.74) is 10.9. The Labute approximate surface area is 95.0 Å². The molecular weight excluding hydrogens is 266 g/mol. The smallest absolute Gasteiger partial charge is 0.236 e. The molecule has 0 aromatic carbocycles. The first-order valence-corrected chi connectivity index (χ1v) is 5.76. The van der Waals surface area contributed by atoms with E-state index in [0.717, 1.165) is 9.35 Å². The molecule has 0 aliphatic heterocycles. The van der Waals surface area contributed by atoms with Crippen LogP contribution in [0.25, 0.3) is 0 Å². The van der Waals surface area contributed by atoms with Crippen LogP contribution in [0.15, 0.2) is 15.9 Å². The van der Waals surface area contributed by atoms with Gasteiger partial charge in [-0.15, -0.1) is 11.3 Å². The molecule has 1 heterocycles. The number of nitrogens with one attached hydrogen (secondary N) is 2. The fourth-order valence-electron chi connectivity index (χ4n) is 1.01. The van der Waals surface area contributed by atoms with Gasteiger partial charge >= 0.3 is 0 Å². The lowest BCUT2D eigenvalue weighted by Crippen LogP contribution is -2.35. The van der Waals surface area contributed by atoms with Gasteiger partial charge in [0.2, 0.25) is 5.91 Å². The van der Waals surface area contributed by atoms with Gasteiger partial charge in [-0.2, -0.15) is 0 Å². The van der Waals surface area contributed by atoms with Gasteiger partial charge in [0.05, 0.1) is 0 Å². The Balaban J connectivity index is 2.50. The number of carbonyl (C=O) groups excluding carboxylic acids is 1. The molecule has 0 radical (unpaired) electrons. The van der Waals surface area contributed by atoms with Crippen molar-refractivity contribution in [2.75, 3.05) is 7.05 Å². The predicted molar refractivity (Wildman–Crippen MR) is 60.8 cm³/mol. The molecule has 6 heteroatoms. The molecule has 0 aliphatic rings. The summed E-state index contributed by atoms with van der Waals surface area (Å²) in [4.78, 5) is 12.2. The first kappa shape index (κ1) is 11.6. The molecule has 4 nitrogen and oxygen atoms in total. The molecule has 1 aromatic rings. The second-order valence-electron chi connectivity index (χ2n) is 2.78. The van der Waals surface area contributed by atoms with Crippen molar-refractivity contribution in [3.8, 4) is 0 Å². The third-order valence-electron chi connectivity index (χ3n) is 1.62. The number of thiophene rings is 1. The van der Waals surface area contributed by atoms with Crippen molar-refractivity contribution in [3.05, 3.63) is 20.8 Å². The Bertz CT molecular complexity index is 315. The maximum absolute atomic E-state index is 11.2. The summed E-state index contributed by atoms with van der Waals surface area (Å²) in [7, 11) is 1.64. The Morgan fingerprint density at radius 1 is 1.79 bits per heavy atom. The van der Waals surface area contributed by atoms with Crippen LogP contribution in [0.3, 0.4) is 0 Å². The molecule has 4 N–H and O–H groups in total. The summed E-state index contributed by atoms with van der Waals surface area (Å²) in [6, 6.07) is 1.70. The molecule has 1 amide bonds. The lowest BCUT2D eigenvalue weighted by atomic mass is 10.2. The second-order valence-corrected chi connectivity index (χ2v) is 4.63. The third-order valence-corrected chi connectivity index (χ3v) is 3.45. The first-order valence-electron chi connectivity index (χ1n) is 4.08. The van der Waals surface area contributed by atoms with E-state index in [4.69, 9.17) is 5.73 Å². The zero-order valence-corrected chi connectivity index (χ0v) is 10.1. The standard InChI is InChI=1S/C8H12BrN3OS/c1-11-12-8(13)3-6(10)7-2-5(9)4-14-7/h2,4,6,11H,3,10H2,1H3,(H,12,13). The van der Waals surface area contributed by atoms with Gasteiger partial charge < -0.3 is 5.73 Å². The highest BCUT2D eigenvalue weighted by Crippen LogP contribution is 2.25. The van der Waals surface area contributed by atoms with Crippen molar-refractivity contribution in [2.24, 2.45) is 5.73 Å². The average molecular weight is 278 g/mol. The van der Waals surface area contributed by atoms with E-state index < -0.39 is 0 Å². The molecule has 1 rings (SSSR count). The molecule has 0 aliphatic carbocycles. The molecular formula is C8H12BrN3OS. The van der Waals surface area contributed by atoms with Gasteiger partial charge in [-0.25, -0.2) is 5.43 Å². The number of carbonyl (C=O) groups is 1. The molecule has 0 bridgehead atoms. The highest BCUT2D eigenvalue weighted by molar-refractivity contribution is 9.10. The van der Waals surface area contributed by atoms with Crippen LogP contribution in [0.5, 0.6) is 0 Å². The normalized spacial score (nSPS) is 12.5. The summed E-state index contributed by atoms with van der Waals surface area (Å²) in [5, 5.41) is 1.95. The minimum atomic E-state index is -0.236. The molecule has 1 unspecified atom stereocenters. The van der Waals surface area contributed by atoms with Crippen LogP contribution in [0.2, 0.25) is 0 Å². The van der Waals surface area contributed by atoms with Gasteiger partial charge in [-0.1, -0.05) is 0 Å². The molecule has 1 aromatic heterocycles. The van der Waals surface area contributed by atoms with Gasteiger partial charge in [0.25, 0.3) is 0 Å². The Morgan fingerprint density at radius 3 is 3.00 bits per heavy atom. The SMILES string of the molecule is CNNC(=O)CC(N)c1cc(Br)cs1. The summed E-state index contributed by atoms with van der Waals surface area (Å²) < 4.78 is 1.00. The van der Waals surface area contributed by atoms with E-state index in [-0.39, 0.29) is 18.4 Å². The van der Waals surface area contributed by atoms with Crippen LogP contribution in [0, 0.1) is 0 Å².